The van der Waals surface area contributed by atoms with Crippen LogP contribution in [0.1, 0.15) is 40.7 Å². The van der Waals surface area contributed by atoms with Crippen molar-refractivity contribution in [1.82, 2.24) is 15.1 Å². The summed E-state index contributed by atoms with van der Waals surface area (Å²) in [5.41, 5.74) is 3.62. The molecule has 2 heterocycles. The maximum absolute atomic E-state index is 12.7. The highest BCUT2D eigenvalue weighted by molar-refractivity contribution is 5.94. The molecular weight excluding hydrogens is 300 g/mol. The Bertz CT molecular complexity index is 723. The number of likely N-dealkylation sites (tertiary alicyclic amines) is 1. The number of aryl methyl sites for hydroxylation is 2. The van der Waals surface area contributed by atoms with E-state index in [4.69, 9.17) is 0 Å². The molecule has 0 saturated carbocycles. The van der Waals surface area contributed by atoms with Gasteiger partial charge in [0, 0.05) is 30.9 Å². The van der Waals surface area contributed by atoms with Gasteiger partial charge in [0.15, 0.2) is 0 Å². The second-order valence-electron chi connectivity index (χ2n) is 6.66. The molecule has 1 N–H and O–H groups in total. The third kappa shape index (κ3) is 3.11. The summed E-state index contributed by atoms with van der Waals surface area (Å²) in [6.07, 6.45) is 7.03. The molecule has 1 aromatic carbocycles. The van der Waals surface area contributed by atoms with Crippen LogP contribution in [-0.2, 0) is 12.8 Å². The van der Waals surface area contributed by atoms with Crippen LogP contribution in [-0.4, -0.2) is 40.1 Å². The summed E-state index contributed by atoms with van der Waals surface area (Å²) in [4.78, 5) is 14.7. The molecule has 1 aliphatic heterocycles. The number of nitrogens with one attached hydrogen (secondary N) is 1. The first-order chi connectivity index (χ1) is 11.8. The molecule has 5 nitrogen and oxygen atoms in total. The second kappa shape index (κ2) is 6.59. The number of anilines is 1. The number of hydrogen-bond donors (Lipinski definition) is 1. The van der Waals surface area contributed by atoms with E-state index in [9.17, 15) is 4.79 Å². The molecular formula is C19H22N4O. The van der Waals surface area contributed by atoms with Crippen LogP contribution < -0.4 is 5.32 Å². The summed E-state index contributed by atoms with van der Waals surface area (Å²) < 4.78 is 0. The van der Waals surface area contributed by atoms with Gasteiger partial charge in [-0.3, -0.25) is 4.79 Å². The third-order valence-corrected chi connectivity index (χ3v) is 5.05. The fourth-order valence-corrected chi connectivity index (χ4v) is 3.70. The van der Waals surface area contributed by atoms with Gasteiger partial charge in [-0.15, -0.1) is 5.10 Å². The highest BCUT2D eigenvalue weighted by atomic mass is 16.2. The average molecular weight is 322 g/mol. The van der Waals surface area contributed by atoms with Crippen LogP contribution in [0.5, 0.6) is 0 Å². The average Bonchev–Trinajstić information content (AvgIpc) is 3.10. The van der Waals surface area contributed by atoms with E-state index in [1.165, 1.54) is 17.5 Å². The fourth-order valence-electron chi connectivity index (χ4n) is 3.70. The number of piperidine rings is 1. The smallest absolute Gasteiger partial charge is 0.253 e. The molecule has 2 aliphatic rings. The van der Waals surface area contributed by atoms with E-state index in [1.807, 2.05) is 23.1 Å². The summed E-state index contributed by atoms with van der Waals surface area (Å²) in [6.45, 7) is 1.57. The van der Waals surface area contributed by atoms with Crippen LogP contribution in [0, 0.1) is 0 Å². The number of amides is 1. The second-order valence-corrected chi connectivity index (χ2v) is 6.66. The van der Waals surface area contributed by atoms with E-state index < -0.39 is 0 Å². The Balaban J connectivity index is 1.36. The molecule has 1 aromatic heterocycles. The van der Waals surface area contributed by atoms with Crippen molar-refractivity contribution in [3.8, 4) is 0 Å². The number of fused-ring (bicyclic) bond motifs is 1. The number of benzene rings is 1. The van der Waals surface area contributed by atoms with Crippen molar-refractivity contribution in [1.29, 1.82) is 0 Å². The maximum atomic E-state index is 12.7. The van der Waals surface area contributed by atoms with E-state index in [1.54, 1.807) is 6.20 Å². The Morgan fingerprint density at radius 2 is 1.96 bits per heavy atom. The molecule has 5 heteroatoms. The van der Waals surface area contributed by atoms with Crippen LogP contribution in [0.3, 0.4) is 0 Å². The zero-order valence-electron chi connectivity index (χ0n) is 13.7. The van der Waals surface area contributed by atoms with Crippen molar-refractivity contribution >= 4 is 11.7 Å². The summed E-state index contributed by atoms with van der Waals surface area (Å²) >= 11 is 0. The van der Waals surface area contributed by atoms with Gasteiger partial charge in [-0.05, 0) is 67.5 Å². The van der Waals surface area contributed by atoms with Crippen molar-refractivity contribution in [2.75, 3.05) is 18.4 Å². The van der Waals surface area contributed by atoms with Crippen LogP contribution in [0.4, 0.5) is 5.82 Å². The largest absolute Gasteiger partial charge is 0.366 e. The lowest BCUT2D eigenvalue weighted by Crippen LogP contribution is -2.42. The van der Waals surface area contributed by atoms with Gasteiger partial charge in [0.25, 0.3) is 5.91 Å². The van der Waals surface area contributed by atoms with Gasteiger partial charge in [-0.2, -0.15) is 5.10 Å². The molecule has 2 aromatic rings. The number of rotatable bonds is 3. The molecule has 0 atom stereocenters. The van der Waals surface area contributed by atoms with E-state index in [0.717, 1.165) is 50.2 Å². The molecule has 1 saturated heterocycles. The third-order valence-electron chi connectivity index (χ3n) is 5.05. The quantitative estimate of drug-likeness (QED) is 0.944. The highest BCUT2D eigenvalue weighted by Crippen LogP contribution is 2.24. The van der Waals surface area contributed by atoms with Crippen molar-refractivity contribution in [2.45, 2.75) is 38.1 Å². The first-order valence-electron chi connectivity index (χ1n) is 8.75. The van der Waals surface area contributed by atoms with E-state index >= 15 is 0 Å². The van der Waals surface area contributed by atoms with Crippen molar-refractivity contribution in [3.05, 3.63) is 53.2 Å². The number of carbonyl (C=O) groups is 1. The Kier molecular flexibility index (Phi) is 4.15. The molecule has 0 bridgehead atoms. The normalized spacial score (nSPS) is 17.6. The van der Waals surface area contributed by atoms with Crippen LogP contribution in [0.15, 0.2) is 36.5 Å². The standard InChI is InChI=1S/C19H22N4O/c24-19(16-7-6-14-3-1-4-15(14)13-16)23-11-8-17(9-12-23)21-18-5-2-10-20-22-18/h2,5-7,10,13,17H,1,3-4,8-9,11-12H2,(H,21,22). The zero-order valence-corrected chi connectivity index (χ0v) is 13.7. The Labute approximate surface area is 142 Å². The predicted molar refractivity (Wildman–Crippen MR) is 93.0 cm³/mol. The lowest BCUT2D eigenvalue weighted by Gasteiger charge is -2.32. The molecule has 4 rings (SSSR count). The molecule has 0 spiro atoms. The highest BCUT2D eigenvalue weighted by Gasteiger charge is 2.24. The van der Waals surface area contributed by atoms with Gasteiger partial charge in [0.1, 0.15) is 5.82 Å². The van der Waals surface area contributed by atoms with Crippen molar-refractivity contribution in [3.63, 3.8) is 0 Å². The fraction of sp³-hybridized carbons (Fsp3) is 0.421. The van der Waals surface area contributed by atoms with Gasteiger partial charge in [0.2, 0.25) is 0 Å². The minimum Gasteiger partial charge on any atom is -0.366 e. The molecule has 1 amide bonds. The minimum absolute atomic E-state index is 0.169. The molecule has 1 fully saturated rings. The number of hydrogen-bond acceptors (Lipinski definition) is 4. The van der Waals surface area contributed by atoms with Crippen LogP contribution in [0.25, 0.3) is 0 Å². The zero-order chi connectivity index (χ0) is 16.4. The van der Waals surface area contributed by atoms with Crippen LogP contribution in [0.2, 0.25) is 0 Å². The Morgan fingerprint density at radius 3 is 2.75 bits per heavy atom. The van der Waals surface area contributed by atoms with Gasteiger partial charge >= 0.3 is 0 Å². The Hall–Kier alpha value is -2.43. The van der Waals surface area contributed by atoms with Crippen LogP contribution >= 0.6 is 0 Å². The predicted octanol–water partition coefficient (Wildman–Crippen LogP) is 2.68. The molecule has 24 heavy (non-hydrogen) atoms. The lowest BCUT2D eigenvalue weighted by atomic mass is 10.0. The summed E-state index contributed by atoms with van der Waals surface area (Å²) in [5.74, 6) is 0.976. The van der Waals surface area contributed by atoms with Crippen molar-refractivity contribution < 1.29 is 4.79 Å². The molecule has 1 aliphatic carbocycles. The monoisotopic (exact) mass is 322 g/mol. The first-order valence-corrected chi connectivity index (χ1v) is 8.75. The van der Waals surface area contributed by atoms with E-state index in [2.05, 4.69) is 27.6 Å². The van der Waals surface area contributed by atoms with Gasteiger partial charge < -0.3 is 10.2 Å². The number of nitrogens with zero attached hydrogens (tertiary/aromatic N) is 3. The SMILES string of the molecule is O=C(c1ccc2c(c1)CCC2)N1CCC(Nc2cccnn2)CC1. The van der Waals surface area contributed by atoms with E-state index in [-0.39, 0.29) is 5.91 Å². The van der Waals surface area contributed by atoms with E-state index in [0.29, 0.717) is 6.04 Å². The van der Waals surface area contributed by atoms with Gasteiger partial charge in [-0.1, -0.05) is 6.07 Å². The number of carbonyl (C=O) groups excluding carboxylic acids is 1. The molecule has 0 radical (unpaired) electrons. The summed E-state index contributed by atoms with van der Waals surface area (Å²) in [7, 11) is 0. The van der Waals surface area contributed by atoms with Crippen molar-refractivity contribution in [2.24, 2.45) is 0 Å². The summed E-state index contributed by atoms with van der Waals surface area (Å²) in [6, 6.07) is 10.4. The molecule has 0 unspecified atom stereocenters. The topological polar surface area (TPSA) is 58.1 Å². The Morgan fingerprint density at radius 1 is 1.12 bits per heavy atom. The molecule has 124 valence electrons. The van der Waals surface area contributed by atoms with Gasteiger partial charge in [-0.25, -0.2) is 0 Å². The minimum atomic E-state index is 0.169. The summed E-state index contributed by atoms with van der Waals surface area (Å²) in [5, 5.41) is 11.4. The number of aromatic nitrogens is 2. The first kappa shape index (κ1) is 15.1. The maximum Gasteiger partial charge on any atom is 0.253 e. The van der Waals surface area contributed by atoms with Gasteiger partial charge in [0.05, 0.1) is 0 Å². The lowest BCUT2D eigenvalue weighted by molar-refractivity contribution is 0.0718.